The van der Waals surface area contributed by atoms with Crippen molar-refractivity contribution < 1.29 is 4.79 Å². The number of Topliss-reactive ketones (excluding diaryl/α,β-unsaturated/α-hetero) is 1. The van der Waals surface area contributed by atoms with Crippen molar-refractivity contribution >= 4 is 35.9 Å². The molecule has 3 rings (SSSR count). The minimum atomic E-state index is 0.0145. The Balaban J connectivity index is 0.00000129. The molecule has 8 N–H and O–H groups in total. The molecule has 0 aromatic heterocycles. The van der Waals surface area contributed by atoms with Gasteiger partial charge in [0.25, 0.3) is 0 Å². The van der Waals surface area contributed by atoms with Crippen LogP contribution in [-0.4, -0.2) is 37.6 Å². The number of carbonyl (C=O) groups is 1. The fourth-order valence-corrected chi connectivity index (χ4v) is 2.96. The molecule has 0 saturated carbocycles. The van der Waals surface area contributed by atoms with Gasteiger partial charge in [-0.15, -0.1) is 0 Å². The Morgan fingerprint density at radius 2 is 2.00 bits per heavy atom. The fourth-order valence-electron chi connectivity index (χ4n) is 2.96. The number of nitrogens with zero attached hydrogens (tertiary/aromatic N) is 1. The summed E-state index contributed by atoms with van der Waals surface area (Å²) in [6.07, 6.45) is 6.66. The van der Waals surface area contributed by atoms with E-state index in [0.29, 0.717) is 41.2 Å². The van der Waals surface area contributed by atoms with Crippen LogP contribution >= 0.6 is 0 Å². The quantitative estimate of drug-likeness (QED) is 0.208. The molecule has 0 radical (unpaired) electrons. The number of nitrogen functional groups attached to an aromatic ring is 1. The summed E-state index contributed by atoms with van der Waals surface area (Å²) >= 11 is 0. The molecule has 33 heavy (non-hydrogen) atoms. The number of rotatable bonds is 8. The molecule has 0 atom stereocenters. The Labute approximate surface area is 195 Å². The lowest BCUT2D eigenvalue weighted by atomic mass is 9.98. The summed E-state index contributed by atoms with van der Waals surface area (Å²) in [7, 11) is 0. The Morgan fingerprint density at radius 1 is 1.24 bits per heavy atom. The van der Waals surface area contributed by atoms with Crippen LogP contribution in [0, 0.1) is 10.8 Å². The summed E-state index contributed by atoms with van der Waals surface area (Å²) in [6, 6.07) is 12.9. The van der Waals surface area contributed by atoms with Gasteiger partial charge in [0.2, 0.25) is 0 Å². The largest absolute Gasteiger partial charge is 0.398 e. The summed E-state index contributed by atoms with van der Waals surface area (Å²) in [6.45, 7) is 7.77. The third-order valence-corrected chi connectivity index (χ3v) is 4.51. The standard InChI is InChI=1S/C22H24N6O.C2H6.CH3N/c23-14-27-12-15-4-5-20(24)19(10-15)22(25)17-2-1-3-18(11-17)28-13-21(29)16-6-8-26-9-7-16;2*1-2/h1-8,10-11,14,25-26,28H,9,12-13,24H2,(H2,23,27);1-2H3;2H,1H2. The Hall–Kier alpha value is -4.20. The van der Waals surface area contributed by atoms with Gasteiger partial charge in [-0.2, -0.15) is 0 Å². The van der Waals surface area contributed by atoms with E-state index in [2.05, 4.69) is 22.3 Å². The minimum Gasteiger partial charge on any atom is -0.398 e. The number of aliphatic imine (C=N–C) groups is 1. The van der Waals surface area contributed by atoms with Crippen molar-refractivity contribution in [1.82, 2.24) is 5.32 Å². The zero-order chi connectivity index (χ0) is 24.6. The lowest BCUT2D eigenvalue weighted by Crippen LogP contribution is -2.19. The highest BCUT2D eigenvalue weighted by Gasteiger charge is 2.12. The van der Waals surface area contributed by atoms with E-state index in [4.69, 9.17) is 22.3 Å². The summed E-state index contributed by atoms with van der Waals surface area (Å²) in [5.74, 6) is 0.0145. The average molecular weight is 448 g/mol. The van der Waals surface area contributed by atoms with Gasteiger partial charge in [0, 0.05) is 34.6 Å². The number of hydrogen-bond donors (Lipinski definition) is 6. The maximum Gasteiger partial charge on any atom is 0.181 e. The van der Waals surface area contributed by atoms with E-state index in [1.54, 1.807) is 18.3 Å². The van der Waals surface area contributed by atoms with Gasteiger partial charge in [0.15, 0.2) is 5.78 Å². The maximum atomic E-state index is 12.3. The second-order valence-electron chi connectivity index (χ2n) is 6.54. The third-order valence-electron chi connectivity index (χ3n) is 4.51. The van der Waals surface area contributed by atoms with Gasteiger partial charge < -0.3 is 27.5 Å². The van der Waals surface area contributed by atoms with E-state index in [9.17, 15) is 4.79 Å². The predicted octanol–water partition coefficient (Wildman–Crippen LogP) is 3.49. The molecule has 8 nitrogen and oxygen atoms in total. The Bertz CT molecular complexity index is 1030. The molecule has 1 heterocycles. The lowest BCUT2D eigenvalue weighted by Gasteiger charge is -2.12. The fraction of sp³-hybridized carbons (Fsp3) is 0.200. The Morgan fingerprint density at radius 3 is 2.67 bits per heavy atom. The van der Waals surface area contributed by atoms with Crippen molar-refractivity contribution in [3.63, 3.8) is 0 Å². The molecular formula is C25H33N7O. The van der Waals surface area contributed by atoms with Crippen molar-refractivity contribution in [3.8, 4) is 0 Å². The smallest absolute Gasteiger partial charge is 0.181 e. The van der Waals surface area contributed by atoms with Crippen LogP contribution in [0.2, 0.25) is 0 Å². The molecule has 2 aromatic carbocycles. The second kappa shape index (κ2) is 14.7. The van der Waals surface area contributed by atoms with Crippen molar-refractivity contribution in [1.29, 1.82) is 10.8 Å². The lowest BCUT2D eigenvalue weighted by molar-refractivity contribution is -0.113. The van der Waals surface area contributed by atoms with Crippen molar-refractivity contribution in [2.24, 2.45) is 10.7 Å². The highest BCUT2D eigenvalue weighted by molar-refractivity contribution is 6.14. The van der Waals surface area contributed by atoms with Crippen molar-refractivity contribution in [3.05, 3.63) is 83.1 Å². The number of nitrogens with one attached hydrogen (secondary N) is 4. The van der Waals surface area contributed by atoms with E-state index >= 15 is 0 Å². The predicted molar refractivity (Wildman–Crippen MR) is 140 cm³/mol. The molecular weight excluding hydrogens is 414 g/mol. The van der Waals surface area contributed by atoms with Crippen LogP contribution in [0.25, 0.3) is 0 Å². The van der Waals surface area contributed by atoms with Gasteiger partial charge in [-0.05, 0) is 48.8 Å². The van der Waals surface area contributed by atoms with E-state index in [1.807, 2.05) is 56.3 Å². The molecule has 0 spiro atoms. The number of hydrogen-bond acceptors (Lipinski definition) is 7. The number of anilines is 2. The van der Waals surface area contributed by atoms with E-state index < -0.39 is 0 Å². The second-order valence-corrected chi connectivity index (χ2v) is 6.54. The van der Waals surface area contributed by atoms with E-state index in [0.717, 1.165) is 11.3 Å². The van der Waals surface area contributed by atoms with Crippen LogP contribution in [0.5, 0.6) is 0 Å². The van der Waals surface area contributed by atoms with E-state index in [-0.39, 0.29) is 12.3 Å². The molecule has 0 unspecified atom stereocenters. The molecule has 0 bridgehead atoms. The van der Waals surface area contributed by atoms with E-state index in [1.165, 1.54) is 6.34 Å². The molecule has 174 valence electrons. The molecule has 8 heteroatoms. The third kappa shape index (κ3) is 8.10. The van der Waals surface area contributed by atoms with Gasteiger partial charge in [-0.3, -0.25) is 15.2 Å². The zero-order valence-electron chi connectivity index (χ0n) is 19.2. The first-order valence-electron chi connectivity index (χ1n) is 10.6. The van der Waals surface area contributed by atoms with Gasteiger partial charge in [-0.25, -0.2) is 0 Å². The van der Waals surface area contributed by atoms with Gasteiger partial charge in [-0.1, -0.05) is 38.1 Å². The molecule has 0 amide bonds. The molecule has 0 saturated heterocycles. The summed E-state index contributed by atoms with van der Waals surface area (Å²) in [5, 5.41) is 20.3. The van der Waals surface area contributed by atoms with Crippen LogP contribution in [0.15, 0.2) is 71.4 Å². The van der Waals surface area contributed by atoms with Crippen LogP contribution in [0.4, 0.5) is 11.4 Å². The first-order chi connectivity index (χ1) is 16.1. The minimum absolute atomic E-state index is 0.0145. The molecule has 0 fully saturated rings. The Kier molecular flexibility index (Phi) is 12.0. The number of nitrogens with two attached hydrogens (primary N) is 2. The highest BCUT2D eigenvalue weighted by atomic mass is 16.1. The number of ketones is 1. The van der Waals surface area contributed by atoms with Crippen LogP contribution in [0.3, 0.4) is 0 Å². The SMILES string of the molecule is C=N.CC.N=C(c1cccc(NCC(=O)C2=CCNC=C2)c1)c1cc(CN=CN)ccc1N. The molecule has 1 aliphatic heterocycles. The van der Waals surface area contributed by atoms with Gasteiger partial charge >= 0.3 is 0 Å². The molecule has 1 aliphatic rings. The number of allylic oxidation sites excluding steroid dienone is 1. The molecule has 0 aliphatic carbocycles. The van der Waals surface area contributed by atoms with Crippen molar-refractivity contribution in [2.45, 2.75) is 20.4 Å². The number of dihydropyridines is 1. The first kappa shape index (κ1) is 26.8. The normalized spacial score (nSPS) is 11.8. The van der Waals surface area contributed by atoms with Gasteiger partial charge in [0.1, 0.15) is 0 Å². The summed E-state index contributed by atoms with van der Waals surface area (Å²) in [4.78, 5) is 16.3. The first-order valence-corrected chi connectivity index (χ1v) is 10.6. The summed E-state index contributed by atoms with van der Waals surface area (Å²) < 4.78 is 0. The van der Waals surface area contributed by atoms with Crippen LogP contribution in [-0.2, 0) is 11.3 Å². The van der Waals surface area contributed by atoms with Crippen LogP contribution < -0.4 is 22.1 Å². The maximum absolute atomic E-state index is 12.3. The monoisotopic (exact) mass is 447 g/mol. The number of carbonyl (C=O) groups excluding carboxylic acids is 1. The summed E-state index contributed by atoms with van der Waals surface area (Å²) in [5.41, 5.74) is 15.9. The van der Waals surface area contributed by atoms with Gasteiger partial charge in [0.05, 0.1) is 25.1 Å². The zero-order valence-corrected chi connectivity index (χ0v) is 19.2. The van der Waals surface area contributed by atoms with Crippen molar-refractivity contribution in [2.75, 3.05) is 24.1 Å². The number of benzene rings is 2. The van der Waals surface area contributed by atoms with Crippen LogP contribution in [0.1, 0.15) is 30.5 Å². The topological polar surface area (TPSA) is 153 Å². The highest BCUT2D eigenvalue weighted by Crippen LogP contribution is 2.21. The average Bonchev–Trinajstić information content (AvgIpc) is 2.89. The molecule has 2 aromatic rings.